The van der Waals surface area contributed by atoms with Crippen molar-refractivity contribution in [2.75, 3.05) is 0 Å². The average molecular weight is 354 g/mol. The monoisotopic (exact) mass is 354 g/mol. The van der Waals surface area contributed by atoms with Gasteiger partial charge in [-0.05, 0) is 19.7 Å². The molecule has 2 aromatic heterocycles. The lowest BCUT2D eigenvalue weighted by molar-refractivity contribution is 0.586. The van der Waals surface area contributed by atoms with Crippen LogP contribution in [-0.4, -0.2) is 32.3 Å². The molecule has 126 valence electrons. The van der Waals surface area contributed by atoms with E-state index in [1.54, 1.807) is 40.7 Å². The predicted octanol–water partition coefficient (Wildman–Crippen LogP) is 3.57. The second-order valence-corrected chi connectivity index (χ2v) is 5.69. The quantitative estimate of drug-likeness (QED) is 0.519. The fraction of sp³-hybridized carbons (Fsp3) is 0.118. The molecular formula is C17H15FN6S. The van der Waals surface area contributed by atoms with Crippen LogP contribution in [0.1, 0.15) is 18.3 Å². The molecule has 0 saturated heterocycles. The van der Waals surface area contributed by atoms with Gasteiger partial charge in [-0.1, -0.05) is 24.3 Å². The minimum Gasteiger partial charge on any atom is -0.242 e. The number of amidine groups is 1. The molecule has 6 nitrogen and oxygen atoms in total. The Balaban J connectivity index is 2.07. The normalized spacial score (nSPS) is 12.0. The minimum atomic E-state index is -0.298. The number of nitrogens with zero attached hydrogens (tertiary/aromatic N) is 6. The van der Waals surface area contributed by atoms with Gasteiger partial charge in [-0.15, -0.1) is 16.4 Å². The number of hydrogen-bond acceptors (Lipinski definition) is 5. The molecule has 0 aliphatic heterocycles. The lowest BCUT2D eigenvalue weighted by Crippen LogP contribution is -2.07. The highest BCUT2D eigenvalue weighted by molar-refractivity contribution is 7.07. The Morgan fingerprint density at radius 2 is 2.24 bits per heavy atom. The number of rotatable bonds is 5. The smallest absolute Gasteiger partial charge is 0.219 e. The summed E-state index contributed by atoms with van der Waals surface area (Å²) < 4.78 is 15.6. The van der Waals surface area contributed by atoms with E-state index in [0.29, 0.717) is 28.7 Å². The summed E-state index contributed by atoms with van der Waals surface area (Å²) in [7, 11) is 0. The number of benzene rings is 1. The topological polar surface area (TPSA) is 68.3 Å². The molecule has 1 aromatic carbocycles. The van der Waals surface area contributed by atoms with Crippen molar-refractivity contribution in [2.45, 2.75) is 13.5 Å². The van der Waals surface area contributed by atoms with Crippen LogP contribution in [0.15, 0.2) is 57.4 Å². The number of halogens is 1. The molecule has 3 rings (SSSR count). The highest BCUT2D eigenvalue weighted by Crippen LogP contribution is 2.20. The summed E-state index contributed by atoms with van der Waals surface area (Å²) in [6.45, 7) is 5.58. The Labute approximate surface area is 148 Å². The van der Waals surface area contributed by atoms with Gasteiger partial charge in [-0.25, -0.2) is 29.0 Å². The van der Waals surface area contributed by atoms with Gasteiger partial charge in [0.1, 0.15) is 11.5 Å². The third-order valence-corrected chi connectivity index (χ3v) is 3.89. The van der Waals surface area contributed by atoms with Crippen LogP contribution >= 0.6 is 11.3 Å². The molecule has 0 radical (unpaired) electrons. The van der Waals surface area contributed by atoms with E-state index < -0.39 is 0 Å². The van der Waals surface area contributed by atoms with E-state index in [2.05, 4.69) is 31.8 Å². The summed E-state index contributed by atoms with van der Waals surface area (Å²) in [5.41, 5.74) is 2.88. The Kier molecular flexibility index (Phi) is 5.20. The third kappa shape index (κ3) is 3.74. The van der Waals surface area contributed by atoms with Gasteiger partial charge in [-0.2, -0.15) is 0 Å². The van der Waals surface area contributed by atoms with Crippen molar-refractivity contribution >= 4 is 23.9 Å². The zero-order valence-electron chi connectivity index (χ0n) is 13.5. The molecule has 8 heteroatoms. The van der Waals surface area contributed by atoms with E-state index in [-0.39, 0.29) is 12.4 Å². The molecular weight excluding hydrogens is 339 g/mol. The largest absolute Gasteiger partial charge is 0.242 e. The van der Waals surface area contributed by atoms with Gasteiger partial charge in [0, 0.05) is 17.1 Å². The first-order valence-corrected chi connectivity index (χ1v) is 8.40. The summed E-state index contributed by atoms with van der Waals surface area (Å²) >= 11 is 1.45. The van der Waals surface area contributed by atoms with Crippen LogP contribution in [0.4, 0.5) is 4.39 Å². The second kappa shape index (κ2) is 7.71. The van der Waals surface area contributed by atoms with E-state index in [1.165, 1.54) is 17.4 Å². The van der Waals surface area contributed by atoms with Gasteiger partial charge in [0.2, 0.25) is 5.82 Å². The zero-order valence-corrected chi connectivity index (χ0v) is 14.3. The lowest BCUT2D eigenvalue weighted by Gasteiger charge is -2.05. The summed E-state index contributed by atoms with van der Waals surface area (Å²) in [4.78, 5) is 16.8. The Morgan fingerprint density at radius 1 is 1.40 bits per heavy atom. The van der Waals surface area contributed by atoms with Crippen LogP contribution in [-0.2, 0) is 6.54 Å². The van der Waals surface area contributed by atoms with Gasteiger partial charge in [-0.3, -0.25) is 0 Å². The van der Waals surface area contributed by atoms with Crippen LogP contribution in [0, 0.1) is 5.82 Å². The summed E-state index contributed by atoms with van der Waals surface area (Å²) in [6.07, 6.45) is 3.35. The van der Waals surface area contributed by atoms with E-state index in [0.717, 1.165) is 0 Å². The fourth-order valence-corrected chi connectivity index (χ4v) is 2.69. The van der Waals surface area contributed by atoms with Crippen molar-refractivity contribution in [2.24, 2.45) is 9.98 Å². The third-order valence-electron chi connectivity index (χ3n) is 3.31. The summed E-state index contributed by atoms with van der Waals surface area (Å²) in [6, 6.07) is 6.56. The van der Waals surface area contributed by atoms with Crippen molar-refractivity contribution in [3.8, 4) is 11.5 Å². The summed E-state index contributed by atoms with van der Waals surface area (Å²) in [5, 5.41) is 6.29. The van der Waals surface area contributed by atoms with E-state index in [9.17, 15) is 4.39 Å². The standard InChI is InChI=1S/C17H15FN6S/c1-3-8-20-15(19-2)16-22-17(14-10-25-11-21-14)24(23-16)9-12-6-4-5-7-13(12)18/h3-8,10-11H,2,9H2,1H3. The molecule has 2 heterocycles. The molecule has 3 aromatic rings. The number of allylic oxidation sites excluding steroid dienone is 1. The van der Waals surface area contributed by atoms with Crippen molar-refractivity contribution in [1.29, 1.82) is 0 Å². The molecule has 0 saturated carbocycles. The highest BCUT2D eigenvalue weighted by atomic mass is 32.1. The number of thiazole rings is 1. The predicted molar refractivity (Wildman–Crippen MR) is 97.5 cm³/mol. The van der Waals surface area contributed by atoms with E-state index in [4.69, 9.17) is 0 Å². The van der Waals surface area contributed by atoms with Crippen molar-refractivity contribution in [3.05, 3.63) is 64.6 Å². The van der Waals surface area contributed by atoms with Gasteiger partial charge < -0.3 is 0 Å². The maximum absolute atomic E-state index is 14.0. The van der Waals surface area contributed by atoms with Gasteiger partial charge >= 0.3 is 0 Å². The first-order chi connectivity index (χ1) is 12.2. The second-order valence-electron chi connectivity index (χ2n) is 4.97. The molecule has 0 amide bonds. The maximum Gasteiger partial charge on any atom is 0.219 e. The highest BCUT2D eigenvalue weighted by Gasteiger charge is 2.17. The lowest BCUT2D eigenvalue weighted by atomic mass is 10.2. The number of aromatic nitrogens is 4. The maximum atomic E-state index is 14.0. The van der Waals surface area contributed by atoms with Crippen LogP contribution in [0.5, 0.6) is 0 Å². The zero-order chi connectivity index (χ0) is 17.6. The number of aliphatic imine (C=N–C) groups is 2. The van der Waals surface area contributed by atoms with Crippen molar-refractivity contribution < 1.29 is 4.39 Å². The SMILES string of the molecule is C=NC(=NC=CC)c1nc(-c2cscn2)n(Cc2ccccc2F)n1. The molecule has 0 N–H and O–H groups in total. The van der Waals surface area contributed by atoms with Crippen molar-refractivity contribution in [1.82, 2.24) is 19.7 Å². The Bertz CT molecular complexity index is 927. The Morgan fingerprint density at radius 3 is 2.92 bits per heavy atom. The molecule has 0 aliphatic carbocycles. The molecule has 0 atom stereocenters. The number of hydrogen-bond donors (Lipinski definition) is 0. The fourth-order valence-electron chi connectivity index (χ4n) is 2.16. The Hall–Kier alpha value is -3.00. The van der Waals surface area contributed by atoms with Crippen LogP contribution in [0.2, 0.25) is 0 Å². The van der Waals surface area contributed by atoms with Gasteiger partial charge in [0.05, 0.1) is 12.1 Å². The van der Waals surface area contributed by atoms with Crippen LogP contribution in [0.3, 0.4) is 0 Å². The van der Waals surface area contributed by atoms with E-state index in [1.807, 2.05) is 12.3 Å². The molecule has 0 unspecified atom stereocenters. The van der Waals surface area contributed by atoms with E-state index >= 15 is 0 Å². The minimum absolute atomic E-state index is 0.223. The van der Waals surface area contributed by atoms with Gasteiger partial charge in [0.25, 0.3) is 0 Å². The summed E-state index contributed by atoms with van der Waals surface area (Å²) in [5.74, 6) is 0.832. The molecule has 25 heavy (non-hydrogen) atoms. The average Bonchev–Trinajstić information content (AvgIpc) is 3.27. The van der Waals surface area contributed by atoms with Crippen molar-refractivity contribution in [3.63, 3.8) is 0 Å². The van der Waals surface area contributed by atoms with Crippen LogP contribution < -0.4 is 0 Å². The van der Waals surface area contributed by atoms with Crippen LogP contribution in [0.25, 0.3) is 11.5 Å². The van der Waals surface area contributed by atoms with Gasteiger partial charge in [0.15, 0.2) is 11.7 Å². The molecule has 0 spiro atoms. The molecule has 0 fully saturated rings. The molecule has 0 aliphatic rings. The first-order valence-electron chi connectivity index (χ1n) is 7.45. The first kappa shape index (κ1) is 16.8. The molecule has 0 bridgehead atoms.